The first-order valence-corrected chi connectivity index (χ1v) is 10.0. The molecule has 0 atom stereocenters. The van der Waals surface area contributed by atoms with Crippen LogP contribution in [0.5, 0.6) is 0 Å². The number of aromatic nitrogens is 3. The van der Waals surface area contributed by atoms with Crippen molar-refractivity contribution in [3.8, 4) is 0 Å². The molecule has 0 N–H and O–H groups in total. The summed E-state index contributed by atoms with van der Waals surface area (Å²) in [5.41, 5.74) is 3.31. The van der Waals surface area contributed by atoms with Crippen LogP contribution in [0.4, 0.5) is 0 Å². The van der Waals surface area contributed by atoms with E-state index in [1.807, 2.05) is 84.9 Å². The van der Waals surface area contributed by atoms with E-state index in [0.29, 0.717) is 17.3 Å². The predicted octanol–water partition coefficient (Wildman–Crippen LogP) is 4.84. The van der Waals surface area contributed by atoms with Gasteiger partial charge in [-0.05, 0) is 22.8 Å². The molecule has 4 aromatic rings. The number of hydrogen-bond acceptors (Lipinski definition) is 3. The molecule has 30 heavy (non-hydrogen) atoms. The van der Waals surface area contributed by atoms with E-state index < -0.39 is 0 Å². The number of rotatable bonds is 6. The molecule has 0 aliphatic rings. The zero-order chi connectivity index (χ0) is 20.9. The van der Waals surface area contributed by atoms with Gasteiger partial charge in [-0.1, -0.05) is 95.7 Å². The predicted molar refractivity (Wildman–Crippen MR) is 117 cm³/mol. The summed E-state index contributed by atoms with van der Waals surface area (Å²) < 4.78 is 1.74. The summed E-state index contributed by atoms with van der Waals surface area (Å²) in [6.45, 7) is 0.395. The fourth-order valence-corrected chi connectivity index (χ4v) is 3.61. The number of hydrogen-bond donors (Lipinski definition) is 0. The van der Waals surface area contributed by atoms with Crippen LogP contribution in [0.1, 0.15) is 33.2 Å². The Kier molecular flexibility index (Phi) is 5.91. The summed E-state index contributed by atoms with van der Waals surface area (Å²) in [4.78, 5) is 14.5. The monoisotopic (exact) mass is 416 g/mol. The normalized spacial score (nSPS) is 10.9. The van der Waals surface area contributed by atoms with Gasteiger partial charge in [0.05, 0.1) is 6.20 Å². The van der Waals surface area contributed by atoms with Crippen LogP contribution in [0.2, 0.25) is 5.02 Å². The minimum Gasteiger partial charge on any atom is -0.336 e. The third-order valence-corrected chi connectivity index (χ3v) is 5.31. The van der Waals surface area contributed by atoms with Gasteiger partial charge in [0.2, 0.25) is 0 Å². The molecule has 0 spiro atoms. The molecule has 0 bridgehead atoms. The van der Waals surface area contributed by atoms with E-state index in [9.17, 15) is 4.79 Å². The third kappa shape index (κ3) is 4.26. The average molecular weight is 417 g/mol. The summed E-state index contributed by atoms with van der Waals surface area (Å²) in [7, 11) is 1.73. The molecule has 0 aliphatic heterocycles. The van der Waals surface area contributed by atoms with Crippen LogP contribution in [0.15, 0.2) is 91.1 Å². The smallest absolute Gasteiger partial charge is 0.276 e. The van der Waals surface area contributed by atoms with Crippen molar-refractivity contribution in [1.82, 2.24) is 19.9 Å². The molecular weight excluding hydrogens is 396 g/mol. The Labute approximate surface area is 180 Å². The van der Waals surface area contributed by atoms with Gasteiger partial charge in [0.1, 0.15) is 6.04 Å². The number of carbonyl (C=O) groups excluding carboxylic acids is 1. The Balaban J connectivity index is 1.61. The van der Waals surface area contributed by atoms with Crippen LogP contribution in [-0.2, 0) is 6.54 Å². The topological polar surface area (TPSA) is 51.0 Å². The standard InChI is InChI=1S/C24H21ClN4O/c1-28(16-20-14-8-9-15-21(20)25)24(30)22-17-29(27-26-22)23(18-10-4-2-5-11-18)19-12-6-3-7-13-19/h2-15,17,23H,16H2,1H3. The first-order chi connectivity index (χ1) is 14.6. The molecule has 1 amide bonds. The number of carbonyl (C=O) groups is 1. The van der Waals surface area contributed by atoms with Crippen LogP contribution >= 0.6 is 11.6 Å². The van der Waals surface area contributed by atoms with Gasteiger partial charge < -0.3 is 4.90 Å². The molecule has 3 aromatic carbocycles. The van der Waals surface area contributed by atoms with Crippen molar-refractivity contribution >= 4 is 17.5 Å². The SMILES string of the molecule is CN(Cc1ccccc1Cl)C(=O)c1cn(C(c2ccccc2)c2ccccc2)nn1. The van der Waals surface area contributed by atoms with E-state index in [4.69, 9.17) is 11.6 Å². The molecule has 1 aromatic heterocycles. The molecule has 0 fully saturated rings. The number of halogens is 1. The molecule has 4 rings (SSSR count). The van der Waals surface area contributed by atoms with Gasteiger partial charge in [-0.2, -0.15) is 0 Å². The lowest BCUT2D eigenvalue weighted by atomic mass is 9.99. The summed E-state index contributed by atoms with van der Waals surface area (Å²) in [6.07, 6.45) is 1.70. The Hall–Kier alpha value is -3.44. The fraction of sp³-hybridized carbons (Fsp3) is 0.125. The maximum absolute atomic E-state index is 12.9. The molecule has 0 saturated carbocycles. The van der Waals surface area contributed by atoms with E-state index in [0.717, 1.165) is 16.7 Å². The van der Waals surface area contributed by atoms with Crippen molar-refractivity contribution in [2.24, 2.45) is 0 Å². The molecule has 6 heteroatoms. The molecule has 0 radical (unpaired) electrons. The minimum absolute atomic E-state index is 0.171. The van der Waals surface area contributed by atoms with Crippen molar-refractivity contribution in [3.05, 3.63) is 119 Å². The highest BCUT2D eigenvalue weighted by atomic mass is 35.5. The van der Waals surface area contributed by atoms with E-state index in [-0.39, 0.29) is 11.9 Å². The maximum atomic E-state index is 12.9. The van der Waals surface area contributed by atoms with Crippen LogP contribution in [0.3, 0.4) is 0 Å². The van der Waals surface area contributed by atoms with Gasteiger partial charge in [0, 0.05) is 18.6 Å². The summed E-state index contributed by atoms with van der Waals surface area (Å²) in [5, 5.41) is 9.09. The van der Waals surface area contributed by atoms with Gasteiger partial charge in [-0.15, -0.1) is 5.10 Å². The Morgan fingerprint density at radius 2 is 1.50 bits per heavy atom. The van der Waals surface area contributed by atoms with Gasteiger partial charge in [-0.25, -0.2) is 4.68 Å². The second-order valence-corrected chi connectivity index (χ2v) is 7.47. The molecular formula is C24H21ClN4O. The van der Waals surface area contributed by atoms with Gasteiger partial charge in [0.25, 0.3) is 5.91 Å². The number of nitrogens with zero attached hydrogens (tertiary/aromatic N) is 4. The maximum Gasteiger partial charge on any atom is 0.276 e. The zero-order valence-corrected chi connectivity index (χ0v) is 17.3. The van der Waals surface area contributed by atoms with Gasteiger partial charge >= 0.3 is 0 Å². The molecule has 0 saturated heterocycles. The Morgan fingerprint density at radius 1 is 0.933 bits per heavy atom. The van der Waals surface area contributed by atoms with E-state index in [1.54, 1.807) is 22.8 Å². The highest BCUT2D eigenvalue weighted by molar-refractivity contribution is 6.31. The minimum atomic E-state index is -0.207. The lowest BCUT2D eigenvalue weighted by Gasteiger charge is -2.18. The molecule has 150 valence electrons. The first-order valence-electron chi connectivity index (χ1n) is 9.64. The Bertz CT molecular complexity index is 1090. The van der Waals surface area contributed by atoms with Crippen molar-refractivity contribution in [2.45, 2.75) is 12.6 Å². The van der Waals surface area contributed by atoms with Crippen molar-refractivity contribution in [3.63, 3.8) is 0 Å². The second-order valence-electron chi connectivity index (χ2n) is 7.06. The average Bonchev–Trinajstić information content (AvgIpc) is 3.26. The lowest BCUT2D eigenvalue weighted by Crippen LogP contribution is -2.26. The molecule has 1 heterocycles. The highest BCUT2D eigenvalue weighted by Crippen LogP contribution is 2.26. The van der Waals surface area contributed by atoms with Crippen LogP contribution in [0.25, 0.3) is 0 Å². The number of amides is 1. The first kappa shape index (κ1) is 19.9. The van der Waals surface area contributed by atoms with E-state index in [1.165, 1.54) is 0 Å². The van der Waals surface area contributed by atoms with Crippen molar-refractivity contribution in [1.29, 1.82) is 0 Å². The summed E-state index contributed by atoms with van der Waals surface area (Å²) in [5.74, 6) is -0.207. The van der Waals surface area contributed by atoms with Crippen LogP contribution in [0, 0.1) is 0 Å². The fourth-order valence-electron chi connectivity index (χ4n) is 3.42. The summed E-state index contributed by atoms with van der Waals surface area (Å²) >= 11 is 6.23. The second kappa shape index (κ2) is 8.93. The molecule has 0 aliphatic carbocycles. The van der Waals surface area contributed by atoms with E-state index >= 15 is 0 Å². The largest absolute Gasteiger partial charge is 0.336 e. The van der Waals surface area contributed by atoms with Gasteiger partial charge in [-0.3, -0.25) is 4.79 Å². The number of benzene rings is 3. The molecule has 0 unspecified atom stereocenters. The Morgan fingerprint density at radius 3 is 2.10 bits per heavy atom. The quantitative estimate of drug-likeness (QED) is 0.452. The van der Waals surface area contributed by atoms with Crippen LogP contribution in [-0.4, -0.2) is 32.8 Å². The van der Waals surface area contributed by atoms with Crippen molar-refractivity contribution < 1.29 is 4.79 Å². The highest BCUT2D eigenvalue weighted by Gasteiger charge is 2.22. The van der Waals surface area contributed by atoms with Crippen molar-refractivity contribution in [2.75, 3.05) is 7.05 Å². The van der Waals surface area contributed by atoms with Crippen LogP contribution < -0.4 is 0 Å². The molecule has 5 nitrogen and oxygen atoms in total. The third-order valence-electron chi connectivity index (χ3n) is 4.94. The van der Waals surface area contributed by atoms with E-state index in [2.05, 4.69) is 10.3 Å². The zero-order valence-electron chi connectivity index (χ0n) is 16.5. The van der Waals surface area contributed by atoms with Gasteiger partial charge in [0.15, 0.2) is 5.69 Å². The lowest BCUT2D eigenvalue weighted by molar-refractivity contribution is 0.0779. The summed E-state index contributed by atoms with van der Waals surface area (Å²) in [6, 6.07) is 27.4.